The van der Waals surface area contributed by atoms with Gasteiger partial charge in [-0.25, -0.2) is 12.8 Å². The molecule has 0 unspecified atom stereocenters. The number of carbonyl (C=O) groups is 1. The minimum absolute atomic E-state index is 0.0534. The van der Waals surface area contributed by atoms with Crippen LogP contribution in [0.25, 0.3) is 0 Å². The zero-order valence-corrected chi connectivity index (χ0v) is 17.0. The molecule has 0 aliphatic carbocycles. The van der Waals surface area contributed by atoms with Crippen LogP contribution in [0, 0.1) is 5.82 Å². The Hall–Kier alpha value is -1.51. The standard InChI is InChI=1S/C20H28FNO5S/c1-2-27-19(23)15-20(28(24,25)18-5-3-16(21)4-6-18)9-11-22(12-10-20)17-7-13-26-14-8-17/h3-6,17H,2,7-15H2,1H3. The second-order valence-corrected chi connectivity index (χ2v) is 9.85. The van der Waals surface area contributed by atoms with Crippen LogP contribution in [0.15, 0.2) is 29.2 Å². The highest BCUT2D eigenvalue weighted by Crippen LogP contribution is 2.39. The van der Waals surface area contributed by atoms with E-state index < -0.39 is 26.4 Å². The second-order valence-electron chi connectivity index (χ2n) is 7.50. The Morgan fingerprint density at radius 2 is 1.82 bits per heavy atom. The van der Waals surface area contributed by atoms with Gasteiger partial charge < -0.3 is 14.4 Å². The van der Waals surface area contributed by atoms with Crippen molar-refractivity contribution >= 4 is 15.8 Å². The van der Waals surface area contributed by atoms with Crippen molar-refractivity contribution in [2.75, 3.05) is 32.9 Å². The SMILES string of the molecule is CCOC(=O)CC1(S(=O)(=O)c2ccc(F)cc2)CCN(C2CCOCC2)CC1. The third-order valence-corrected chi connectivity index (χ3v) is 8.47. The summed E-state index contributed by atoms with van der Waals surface area (Å²) < 4.78 is 49.5. The highest BCUT2D eigenvalue weighted by atomic mass is 32.2. The van der Waals surface area contributed by atoms with E-state index in [-0.39, 0.29) is 17.9 Å². The average molecular weight is 414 g/mol. The van der Waals surface area contributed by atoms with E-state index in [0.717, 1.165) is 38.2 Å². The number of esters is 1. The molecule has 0 atom stereocenters. The molecule has 0 bridgehead atoms. The van der Waals surface area contributed by atoms with Gasteiger partial charge in [-0.2, -0.15) is 0 Å². The van der Waals surface area contributed by atoms with E-state index >= 15 is 0 Å². The quantitative estimate of drug-likeness (QED) is 0.527. The van der Waals surface area contributed by atoms with Crippen molar-refractivity contribution in [3.05, 3.63) is 30.1 Å². The van der Waals surface area contributed by atoms with E-state index in [0.29, 0.717) is 32.0 Å². The number of nitrogens with zero attached hydrogens (tertiary/aromatic N) is 1. The van der Waals surface area contributed by atoms with Gasteiger partial charge in [0.05, 0.1) is 22.7 Å². The number of sulfone groups is 1. The summed E-state index contributed by atoms with van der Waals surface area (Å²) in [5.74, 6) is -1.000. The number of carbonyl (C=O) groups excluding carboxylic acids is 1. The number of hydrogen-bond donors (Lipinski definition) is 0. The first-order valence-electron chi connectivity index (χ1n) is 9.85. The van der Waals surface area contributed by atoms with E-state index in [2.05, 4.69) is 4.90 Å². The fourth-order valence-electron chi connectivity index (χ4n) is 4.23. The smallest absolute Gasteiger partial charge is 0.307 e. The Bertz CT molecular complexity index is 766. The van der Waals surface area contributed by atoms with Crippen molar-refractivity contribution in [1.82, 2.24) is 4.90 Å². The van der Waals surface area contributed by atoms with Crippen molar-refractivity contribution in [2.24, 2.45) is 0 Å². The maximum atomic E-state index is 13.5. The Morgan fingerprint density at radius 3 is 2.39 bits per heavy atom. The molecule has 2 heterocycles. The molecule has 28 heavy (non-hydrogen) atoms. The molecule has 0 spiro atoms. The van der Waals surface area contributed by atoms with Crippen LogP contribution in [-0.4, -0.2) is 63.0 Å². The summed E-state index contributed by atoms with van der Waals surface area (Å²) in [6, 6.07) is 5.23. The molecule has 3 rings (SSSR count). The van der Waals surface area contributed by atoms with E-state index in [9.17, 15) is 17.6 Å². The van der Waals surface area contributed by atoms with E-state index in [4.69, 9.17) is 9.47 Å². The van der Waals surface area contributed by atoms with Gasteiger partial charge in [0.15, 0.2) is 9.84 Å². The zero-order valence-electron chi connectivity index (χ0n) is 16.2. The Balaban J connectivity index is 1.84. The van der Waals surface area contributed by atoms with Gasteiger partial charge in [0.25, 0.3) is 0 Å². The number of piperidine rings is 1. The molecule has 0 saturated carbocycles. The minimum atomic E-state index is -3.83. The fourth-order valence-corrected chi connectivity index (χ4v) is 6.25. The molecule has 1 aromatic carbocycles. The van der Waals surface area contributed by atoms with Crippen LogP contribution in [0.4, 0.5) is 4.39 Å². The summed E-state index contributed by atoms with van der Waals surface area (Å²) in [5.41, 5.74) is 0. The van der Waals surface area contributed by atoms with Crippen molar-refractivity contribution < 1.29 is 27.1 Å². The minimum Gasteiger partial charge on any atom is -0.466 e. The highest BCUT2D eigenvalue weighted by Gasteiger charge is 2.49. The predicted molar refractivity (Wildman–Crippen MR) is 102 cm³/mol. The first kappa shape index (κ1) is 21.2. The third kappa shape index (κ3) is 4.39. The summed E-state index contributed by atoms with van der Waals surface area (Å²) in [7, 11) is -3.83. The van der Waals surface area contributed by atoms with Crippen LogP contribution in [-0.2, 0) is 24.1 Å². The van der Waals surface area contributed by atoms with Crippen LogP contribution in [0.2, 0.25) is 0 Å². The molecule has 6 nitrogen and oxygen atoms in total. The van der Waals surface area contributed by atoms with Crippen LogP contribution < -0.4 is 0 Å². The lowest BCUT2D eigenvalue weighted by atomic mass is 9.90. The molecule has 2 aliphatic rings. The number of ether oxygens (including phenoxy) is 2. The van der Waals surface area contributed by atoms with Crippen LogP contribution >= 0.6 is 0 Å². The molecular formula is C20H28FNO5S. The lowest BCUT2D eigenvalue weighted by Crippen LogP contribution is -2.53. The molecule has 0 radical (unpaired) electrons. The molecule has 1 aromatic rings. The average Bonchev–Trinajstić information content (AvgIpc) is 2.69. The van der Waals surface area contributed by atoms with Crippen molar-refractivity contribution in [3.63, 3.8) is 0 Å². The van der Waals surface area contributed by atoms with Gasteiger partial charge in [-0.3, -0.25) is 4.79 Å². The molecule has 0 amide bonds. The van der Waals surface area contributed by atoms with Crippen LogP contribution in [0.3, 0.4) is 0 Å². The first-order chi connectivity index (χ1) is 13.4. The molecule has 156 valence electrons. The summed E-state index contributed by atoms with van der Waals surface area (Å²) in [5, 5.41) is 0. The number of benzene rings is 1. The molecular weight excluding hydrogens is 385 g/mol. The van der Waals surface area contributed by atoms with Gasteiger partial charge in [-0.15, -0.1) is 0 Å². The van der Waals surface area contributed by atoms with Gasteiger partial charge in [0.2, 0.25) is 0 Å². The maximum Gasteiger partial charge on any atom is 0.307 e. The lowest BCUT2D eigenvalue weighted by molar-refractivity contribution is -0.144. The van der Waals surface area contributed by atoms with E-state index in [1.54, 1.807) is 6.92 Å². The van der Waals surface area contributed by atoms with Crippen molar-refractivity contribution in [1.29, 1.82) is 0 Å². The fraction of sp³-hybridized carbons (Fsp3) is 0.650. The Labute approximate surface area is 165 Å². The summed E-state index contributed by atoms with van der Waals surface area (Å²) in [6.07, 6.45) is 2.40. The van der Waals surface area contributed by atoms with Gasteiger partial charge in [-0.1, -0.05) is 0 Å². The second kappa shape index (κ2) is 8.88. The Kier molecular flexibility index (Phi) is 6.73. The van der Waals surface area contributed by atoms with Gasteiger partial charge in [0, 0.05) is 19.3 Å². The van der Waals surface area contributed by atoms with E-state index in [1.807, 2.05) is 0 Å². The van der Waals surface area contributed by atoms with Gasteiger partial charge >= 0.3 is 5.97 Å². The van der Waals surface area contributed by atoms with Crippen molar-refractivity contribution in [3.8, 4) is 0 Å². The normalized spacial score (nSPS) is 21.4. The largest absolute Gasteiger partial charge is 0.466 e. The zero-order chi connectivity index (χ0) is 20.2. The highest BCUT2D eigenvalue weighted by molar-refractivity contribution is 7.92. The maximum absolute atomic E-state index is 13.5. The molecule has 2 fully saturated rings. The Morgan fingerprint density at radius 1 is 1.21 bits per heavy atom. The number of halogens is 1. The monoisotopic (exact) mass is 413 g/mol. The van der Waals surface area contributed by atoms with Crippen LogP contribution in [0.5, 0.6) is 0 Å². The molecule has 2 saturated heterocycles. The number of likely N-dealkylation sites (tertiary alicyclic amines) is 1. The molecule has 0 aromatic heterocycles. The summed E-state index contributed by atoms with van der Waals surface area (Å²) in [6.45, 7) is 4.56. The molecule has 0 N–H and O–H groups in total. The number of rotatable bonds is 6. The molecule has 8 heteroatoms. The lowest BCUT2D eigenvalue weighted by Gasteiger charge is -2.44. The topological polar surface area (TPSA) is 72.9 Å². The van der Waals surface area contributed by atoms with E-state index in [1.165, 1.54) is 12.1 Å². The summed E-state index contributed by atoms with van der Waals surface area (Å²) in [4.78, 5) is 14.6. The van der Waals surface area contributed by atoms with Crippen molar-refractivity contribution in [2.45, 2.75) is 54.7 Å². The third-order valence-electron chi connectivity index (χ3n) is 5.88. The van der Waals surface area contributed by atoms with Crippen LogP contribution in [0.1, 0.15) is 39.0 Å². The predicted octanol–water partition coefficient (Wildman–Crippen LogP) is 2.57. The van der Waals surface area contributed by atoms with Gasteiger partial charge in [0.1, 0.15) is 5.82 Å². The number of hydrogen-bond acceptors (Lipinski definition) is 6. The van der Waals surface area contributed by atoms with Gasteiger partial charge in [-0.05, 0) is 70.0 Å². The first-order valence-corrected chi connectivity index (χ1v) is 11.3. The molecule has 2 aliphatic heterocycles. The summed E-state index contributed by atoms with van der Waals surface area (Å²) >= 11 is 0.